The summed E-state index contributed by atoms with van der Waals surface area (Å²) in [7, 11) is 0. The molecule has 2 aromatic carbocycles. The van der Waals surface area contributed by atoms with E-state index in [0.717, 1.165) is 11.1 Å². The van der Waals surface area contributed by atoms with Crippen LogP contribution in [0.1, 0.15) is 21.5 Å². The zero-order chi connectivity index (χ0) is 16.7. The van der Waals surface area contributed by atoms with Crippen molar-refractivity contribution in [2.24, 2.45) is 10.9 Å². The van der Waals surface area contributed by atoms with E-state index in [1.807, 2.05) is 31.2 Å². The van der Waals surface area contributed by atoms with E-state index in [9.17, 15) is 9.59 Å². The van der Waals surface area contributed by atoms with Crippen LogP contribution in [-0.2, 0) is 9.63 Å². The van der Waals surface area contributed by atoms with E-state index in [1.165, 1.54) is 18.3 Å². The molecule has 0 radical (unpaired) electrons. The van der Waals surface area contributed by atoms with Gasteiger partial charge >= 0.3 is 0 Å². The number of nitrogens with zero attached hydrogens (tertiary/aromatic N) is 1. The predicted molar refractivity (Wildman–Crippen MR) is 88.3 cm³/mol. The third-order valence-corrected chi connectivity index (χ3v) is 3.00. The molecule has 0 aliphatic heterocycles. The molecule has 0 bridgehead atoms. The second-order valence-electron chi connectivity index (χ2n) is 4.91. The van der Waals surface area contributed by atoms with Crippen LogP contribution in [0.25, 0.3) is 0 Å². The molecule has 0 aliphatic rings. The van der Waals surface area contributed by atoms with Crippen LogP contribution in [0.3, 0.4) is 0 Å². The van der Waals surface area contributed by atoms with E-state index in [4.69, 9.17) is 10.6 Å². The van der Waals surface area contributed by atoms with Crippen molar-refractivity contribution in [1.29, 1.82) is 0 Å². The number of nitrogens with one attached hydrogen (secondary N) is 1. The Balaban J connectivity index is 1.78. The van der Waals surface area contributed by atoms with E-state index in [1.54, 1.807) is 12.1 Å². The summed E-state index contributed by atoms with van der Waals surface area (Å²) in [6.07, 6.45) is 1.54. The molecule has 0 spiro atoms. The largest absolute Gasteiger partial charge is 0.386 e. The quantitative estimate of drug-likeness (QED) is 0.631. The highest BCUT2D eigenvalue weighted by molar-refractivity contribution is 5.95. The summed E-state index contributed by atoms with van der Waals surface area (Å²) in [5.41, 5.74) is 8.11. The minimum atomic E-state index is -0.517. The van der Waals surface area contributed by atoms with Gasteiger partial charge in [-0.15, -0.1) is 0 Å². The number of benzene rings is 2. The second-order valence-corrected chi connectivity index (χ2v) is 4.91. The number of carbonyl (C=O) groups excluding carboxylic acids is 2. The summed E-state index contributed by atoms with van der Waals surface area (Å²) < 4.78 is 0. The Hall–Kier alpha value is -3.15. The van der Waals surface area contributed by atoms with Gasteiger partial charge in [-0.05, 0) is 36.8 Å². The molecule has 0 aliphatic carbocycles. The van der Waals surface area contributed by atoms with Crippen LogP contribution in [0.4, 0.5) is 5.69 Å². The van der Waals surface area contributed by atoms with Crippen LogP contribution in [0.5, 0.6) is 0 Å². The average molecular weight is 311 g/mol. The highest BCUT2D eigenvalue weighted by Crippen LogP contribution is 2.09. The van der Waals surface area contributed by atoms with Crippen LogP contribution < -0.4 is 11.1 Å². The summed E-state index contributed by atoms with van der Waals surface area (Å²) in [6.45, 7) is 1.79. The number of primary amides is 1. The molecule has 0 saturated heterocycles. The van der Waals surface area contributed by atoms with Gasteiger partial charge in [0.2, 0.25) is 5.91 Å². The first kappa shape index (κ1) is 16.2. The van der Waals surface area contributed by atoms with Gasteiger partial charge in [-0.1, -0.05) is 35.0 Å². The first-order valence-electron chi connectivity index (χ1n) is 6.96. The lowest BCUT2D eigenvalue weighted by atomic mass is 10.2. The fourth-order valence-corrected chi connectivity index (χ4v) is 1.76. The van der Waals surface area contributed by atoms with Crippen LogP contribution in [0.15, 0.2) is 53.7 Å². The molecule has 2 aromatic rings. The van der Waals surface area contributed by atoms with E-state index in [-0.39, 0.29) is 12.5 Å². The molecule has 0 atom stereocenters. The Morgan fingerprint density at radius 3 is 2.39 bits per heavy atom. The van der Waals surface area contributed by atoms with E-state index in [0.29, 0.717) is 11.3 Å². The minimum Gasteiger partial charge on any atom is -0.386 e. The maximum absolute atomic E-state index is 11.7. The Morgan fingerprint density at radius 2 is 1.78 bits per heavy atom. The van der Waals surface area contributed by atoms with Crippen molar-refractivity contribution in [2.75, 3.05) is 11.9 Å². The van der Waals surface area contributed by atoms with Crippen LogP contribution in [0, 0.1) is 6.92 Å². The number of oxime groups is 1. The molecular weight excluding hydrogens is 294 g/mol. The van der Waals surface area contributed by atoms with Crippen LogP contribution in [-0.4, -0.2) is 24.6 Å². The fourth-order valence-electron chi connectivity index (χ4n) is 1.76. The Labute approximate surface area is 133 Å². The van der Waals surface area contributed by atoms with Crippen molar-refractivity contribution >= 4 is 23.7 Å². The number of nitrogens with two attached hydrogens (primary N) is 1. The highest BCUT2D eigenvalue weighted by Gasteiger charge is 2.04. The number of aryl methyl sites for hydroxylation is 1. The second kappa shape index (κ2) is 7.74. The Bertz CT molecular complexity index is 707. The van der Waals surface area contributed by atoms with Crippen molar-refractivity contribution in [3.8, 4) is 0 Å². The van der Waals surface area contributed by atoms with Gasteiger partial charge in [0.1, 0.15) is 0 Å². The van der Waals surface area contributed by atoms with E-state index >= 15 is 0 Å². The van der Waals surface area contributed by atoms with Gasteiger partial charge in [-0.3, -0.25) is 9.59 Å². The number of amides is 2. The smallest absolute Gasteiger partial charge is 0.265 e. The van der Waals surface area contributed by atoms with Crippen molar-refractivity contribution in [3.63, 3.8) is 0 Å². The maximum atomic E-state index is 11.7. The molecule has 0 unspecified atom stereocenters. The van der Waals surface area contributed by atoms with Gasteiger partial charge in [0.15, 0.2) is 6.61 Å². The molecule has 0 saturated carbocycles. The highest BCUT2D eigenvalue weighted by atomic mass is 16.6. The Morgan fingerprint density at radius 1 is 1.13 bits per heavy atom. The molecule has 6 heteroatoms. The van der Waals surface area contributed by atoms with Gasteiger partial charge in [0.25, 0.3) is 5.91 Å². The van der Waals surface area contributed by atoms with Crippen LogP contribution >= 0.6 is 0 Å². The van der Waals surface area contributed by atoms with Crippen molar-refractivity contribution in [1.82, 2.24) is 0 Å². The summed E-state index contributed by atoms with van der Waals surface area (Å²) in [6, 6.07) is 14.0. The molecule has 2 amide bonds. The van der Waals surface area contributed by atoms with Crippen molar-refractivity contribution in [3.05, 3.63) is 65.2 Å². The molecule has 118 valence electrons. The van der Waals surface area contributed by atoms with Gasteiger partial charge < -0.3 is 15.9 Å². The van der Waals surface area contributed by atoms with Crippen LogP contribution in [0.2, 0.25) is 0 Å². The number of carbonyl (C=O) groups is 2. The lowest BCUT2D eigenvalue weighted by Crippen LogP contribution is -2.17. The predicted octanol–water partition coefficient (Wildman–Crippen LogP) is 2.08. The first-order chi connectivity index (χ1) is 11.0. The number of anilines is 1. The molecule has 2 rings (SSSR count). The number of hydrogen-bond acceptors (Lipinski definition) is 4. The molecule has 0 aromatic heterocycles. The molecular formula is C17H17N3O3. The van der Waals surface area contributed by atoms with E-state index < -0.39 is 5.91 Å². The van der Waals surface area contributed by atoms with Gasteiger partial charge in [0.05, 0.1) is 6.21 Å². The summed E-state index contributed by atoms with van der Waals surface area (Å²) in [4.78, 5) is 27.6. The van der Waals surface area contributed by atoms with Gasteiger partial charge in [-0.2, -0.15) is 0 Å². The van der Waals surface area contributed by atoms with Crippen molar-refractivity contribution < 1.29 is 14.4 Å². The average Bonchev–Trinajstić information content (AvgIpc) is 2.54. The molecule has 23 heavy (non-hydrogen) atoms. The SMILES string of the molecule is Cc1ccc(/C=N\OCC(=O)Nc2ccc(C(N)=O)cc2)cc1. The topological polar surface area (TPSA) is 93.8 Å². The standard InChI is InChI=1S/C17H17N3O3/c1-12-2-4-13(5-3-12)10-19-23-11-16(21)20-15-8-6-14(7-9-15)17(18)22/h2-10H,11H2,1H3,(H2,18,22)(H,20,21)/b19-10-. The fraction of sp³-hybridized carbons (Fsp3) is 0.118. The molecule has 3 N–H and O–H groups in total. The lowest BCUT2D eigenvalue weighted by Gasteiger charge is -2.04. The minimum absolute atomic E-state index is 0.208. The zero-order valence-electron chi connectivity index (χ0n) is 12.7. The summed E-state index contributed by atoms with van der Waals surface area (Å²) >= 11 is 0. The third-order valence-electron chi connectivity index (χ3n) is 3.00. The zero-order valence-corrected chi connectivity index (χ0v) is 12.7. The third kappa shape index (κ3) is 5.28. The maximum Gasteiger partial charge on any atom is 0.265 e. The van der Waals surface area contributed by atoms with Crippen molar-refractivity contribution in [2.45, 2.75) is 6.92 Å². The molecule has 6 nitrogen and oxygen atoms in total. The summed E-state index contributed by atoms with van der Waals surface area (Å²) in [5, 5.41) is 6.37. The van der Waals surface area contributed by atoms with E-state index in [2.05, 4.69) is 10.5 Å². The number of hydrogen-bond donors (Lipinski definition) is 2. The lowest BCUT2D eigenvalue weighted by molar-refractivity contribution is -0.120. The first-order valence-corrected chi connectivity index (χ1v) is 6.96. The van der Waals surface area contributed by atoms with Gasteiger partial charge in [-0.25, -0.2) is 0 Å². The normalized spacial score (nSPS) is 10.5. The molecule has 0 heterocycles. The molecule has 0 fully saturated rings. The monoisotopic (exact) mass is 311 g/mol. The number of rotatable bonds is 6. The van der Waals surface area contributed by atoms with Gasteiger partial charge in [0, 0.05) is 11.3 Å². The summed E-state index contributed by atoms with van der Waals surface area (Å²) in [5.74, 6) is -0.866. The Kier molecular flexibility index (Phi) is 5.46.